The summed E-state index contributed by atoms with van der Waals surface area (Å²) in [7, 11) is 1.99. The third-order valence-corrected chi connectivity index (χ3v) is 4.48. The van der Waals surface area contributed by atoms with Crippen molar-refractivity contribution in [1.29, 1.82) is 0 Å². The molecule has 19 heavy (non-hydrogen) atoms. The summed E-state index contributed by atoms with van der Waals surface area (Å²) in [5, 5.41) is 5.41. The molecule has 1 N–H and O–H groups in total. The minimum atomic E-state index is 0.290. The van der Waals surface area contributed by atoms with E-state index in [4.69, 9.17) is 0 Å². The van der Waals surface area contributed by atoms with Crippen LogP contribution in [0.4, 0.5) is 0 Å². The lowest BCUT2D eigenvalue weighted by Gasteiger charge is -2.15. The van der Waals surface area contributed by atoms with Gasteiger partial charge in [0.05, 0.1) is 5.69 Å². The molecule has 3 aromatic rings. The molecule has 0 fully saturated rings. The molecular weight excluding hydrogens is 322 g/mol. The fourth-order valence-electron chi connectivity index (χ4n) is 2.17. The first-order chi connectivity index (χ1) is 9.26. The molecule has 3 nitrogen and oxygen atoms in total. The summed E-state index contributed by atoms with van der Waals surface area (Å²) in [6, 6.07) is 8.72. The number of imidazole rings is 1. The van der Waals surface area contributed by atoms with E-state index in [1.807, 2.05) is 13.2 Å². The van der Waals surface area contributed by atoms with Gasteiger partial charge in [-0.2, -0.15) is 0 Å². The normalized spacial score (nSPS) is 12.9. The first-order valence-electron chi connectivity index (χ1n) is 6.10. The SMILES string of the molecule is CNC(Cc1cn2ccsc2n1)c1ccc(Br)cc1. The quantitative estimate of drug-likeness (QED) is 0.788. The summed E-state index contributed by atoms with van der Waals surface area (Å²) in [5.74, 6) is 0. The lowest BCUT2D eigenvalue weighted by Crippen LogP contribution is -2.18. The number of likely N-dealkylation sites (N-methyl/N-ethyl adjacent to an activating group) is 1. The van der Waals surface area contributed by atoms with Gasteiger partial charge in [-0.3, -0.25) is 4.40 Å². The summed E-state index contributed by atoms with van der Waals surface area (Å²) in [6.45, 7) is 0. The van der Waals surface area contributed by atoms with Crippen molar-refractivity contribution in [2.75, 3.05) is 7.05 Å². The molecule has 1 unspecified atom stereocenters. The van der Waals surface area contributed by atoms with E-state index >= 15 is 0 Å². The number of halogens is 1. The Labute approximate surface area is 124 Å². The molecule has 5 heteroatoms. The molecule has 0 aliphatic rings. The minimum absolute atomic E-state index is 0.290. The molecule has 0 radical (unpaired) electrons. The average Bonchev–Trinajstić information content (AvgIpc) is 2.98. The molecule has 2 aromatic heterocycles. The van der Waals surface area contributed by atoms with Crippen molar-refractivity contribution in [2.45, 2.75) is 12.5 Å². The van der Waals surface area contributed by atoms with Crippen LogP contribution in [0.2, 0.25) is 0 Å². The van der Waals surface area contributed by atoms with Gasteiger partial charge in [-0.1, -0.05) is 28.1 Å². The third kappa shape index (κ3) is 2.73. The van der Waals surface area contributed by atoms with Gasteiger partial charge in [0.1, 0.15) is 0 Å². The smallest absolute Gasteiger partial charge is 0.193 e. The largest absolute Gasteiger partial charge is 0.313 e. The molecular formula is C14H14BrN3S. The first kappa shape index (κ1) is 12.8. The maximum atomic E-state index is 4.64. The Bertz CT molecular complexity index is 643. The van der Waals surface area contributed by atoms with Crippen molar-refractivity contribution in [3.63, 3.8) is 0 Å². The molecule has 1 atom stereocenters. The Morgan fingerprint density at radius 3 is 2.84 bits per heavy atom. The topological polar surface area (TPSA) is 29.3 Å². The second-order valence-electron chi connectivity index (χ2n) is 4.42. The second-order valence-corrected chi connectivity index (χ2v) is 6.21. The Hall–Kier alpha value is -1.17. The number of hydrogen-bond acceptors (Lipinski definition) is 3. The monoisotopic (exact) mass is 335 g/mol. The fraction of sp³-hybridized carbons (Fsp3) is 0.214. The van der Waals surface area contributed by atoms with Crippen LogP contribution in [0.5, 0.6) is 0 Å². The number of hydrogen-bond donors (Lipinski definition) is 1. The van der Waals surface area contributed by atoms with Crippen molar-refractivity contribution in [2.24, 2.45) is 0 Å². The molecule has 0 saturated heterocycles. The Morgan fingerprint density at radius 2 is 2.16 bits per heavy atom. The lowest BCUT2D eigenvalue weighted by atomic mass is 10.0. The van der Waals surface area contributed by atoms with E-state index in [2.05, 4.69) is 66.5 Å². The minimum Gasteiger partial charge on any atom is -0.313 e. The third-order valence-electron chi connectivity index (χ3n) is 3.18. The molecule has 98 valence electrons. The summed E-state index contributed by atoms with van der Waals surface area (Å²) >= 11 is 5.13. The van der Waals surface area contributed by atoms with Crippen LogP contribution in [0.25, 0.3) is 4.96 Å². The van der Waals surface area contributed by atoms with Crippen LogP contribution >= 0.6 is 27.3 Å². The summed E-state index contributed by atoms with van der Waals surface area (Å²) in [4.78, 5) is 5.69. The van der Waals surface area contributed by atoms with Gasteiger partial charge in [-0.15, -0.1) is 11.3 Å². The van der Waals surface area contributed by atoms with Gasteiger partial charge in [0.2, 0.25) is 0 Å². The van der Waals surface area contributed by atoms with Gasteiger partial charge in [-0.05, 0) is 24.7 Å². The molecule has 1 aromatic carbocycles. The van der Waals surface area contributed by atoms with Crippen LogP contribution in [0.1, 0.15) is 17.3 Å². The molecule has 0 aliphatic heterocycles. The standard InChI is InChI=1S/C14H14BrN3S/c1-16-13(10-2-4-11(15)5-3-10)8-12-9-18-6-7-19-14(18)17-12/h2-7,9,13,16H,8H2,1H3. The van der Waals surface area contributed by atoms with Gasteiger partial charge in [-0.25, -0.2) is 4.98 Å². The first-order valence-corrected chi connectivity index (χ1v) is 7.77. The molecule has 2 heterocycles. The molecule has 0 amide bonds. The highest BCUT2D eigenvalue weighted by Gasteiger charge is 2.12. The highest BCUT2D eigenvalue weighted by Crippen LogP contribution is 2.21. The zero-order valence-corrected chi connectivity index (χ0v) is 12.9. The van der Waals surface area contributed by atoms with Gasteiger partial charge < -0.3 is 5.32 Å². The van der Waals surface area contributed by atoms with Crippen LogP contribution in [-0.2, 0) is 6.42 Å². The summed E-state index contributed by atoms with van der Waals surface area (Å²) in [6.07, 6.45) is 5.05. The Balaban J connectivity index is 1.83. The van der Waals surface area contributed by atoms with E-state index in [1.54, 1.807) is 11.3 Å². The van der Waals surface area contributed by atoms with E-state index in [0.717, 1.165) is 21.5 Å². The number of rotatable bonds is 4. The summed E-state index contributed by atoms with van der Waals surface area (Å²) < 4.78 is 3.18. The van der Waals surface area contributed by atoms with Gasteiger partial charge in [0.15, 0.2) is 4.96 Å². The Morgan fingerprint density at radius 1 is 1.37 bits per heavy atom. The van der Waals surface area contributed by atoms with E-state index < -0.39 is 0 Å². The molecule has 0 saturated carbocycles. The number of benzene rings is 1. The van der Waals surface area contributed by atoms with Crippen LogP contribution in [0.15, 0.2) is 46.5 Å². The van der Waals surface area contributed by atoms with E-state index in [9.17, 15) is 0 Å². The number of nitrogens with one attached hydrogen (secondary N) is 1. The van der Waals surface area contributed by atoms with Crippen LogP contribution in [0, 0.1) is 0 Å². The van der Waals surface area contributed by atoms with Crippen LogP contribution < -0.4 is 5.32 Å². The zero-order valence-electron chi connectivity index (χ0n) is 10.5. The second kappa shape index (κ2) is 5.45. The van der Waals surface area contributed by atoms with Gasteiger partial charge in [0.25, 0.3) is 0 Å². The van der Waals surface area contributed by atoms with Crippen LogP contribution in [-0.4, -0.2) is 16.4 Å². The number of thiazole rings is 1. The van der Waals surface area contributed by atoms with Crippen molar-refractivity contribution < 1.29 is 0 Å². The van der Waals surface area contributed by atoms with E-state index in [0.29, 0.717) is 0 Å². The van der Waals surface area contributed by atoms with Gasteiger partial charge in [0, 0.05) is 34.7 Å². The van der Waals surface area contributed by atoms with Crippen molar-refractivity contribution >= 4 is 32.2 Å². The van der Waals surface area contributed by atoms with Crippen LogP contribution in [0.3, 0.4) is 0 Å². The molecule has 3 rings (SSSR count). The molecule has 0 aliphatic carbocycles. The highest BCUT2D eigenvalue weighted by atomic mass is 79.9. The van der Waals surface area contributed by atoms with Crippen molar-refractivity contribution in [3.8, 4) is 0 Å². The number of fused-ring (bicyclic) bond motifs is 1. The fourth-order valence-corrected chi connectivity index (χ4v) is 3.15. The predicted octanol–water partition coefficient (Wildman–Crippen LogP) is 3.66. The number of aromatic nitrogens is 2. The van der Waals surface area contributed by atoms with Crippen molar-refractivity contribution in [3.05, 3.63) is 57.8 Å². The number of nitrogens with zero attached hydrogens (tertiary/aromatic N) is 2. The van der Waals surface area contributed by atoms with Gasteiger partial charge >= 0.3 is 0 Å². The zero-order chi connectivity index (χ0) is 13.2. The predicted molar refractivity (Wildman–Crippen MR) is 82.7 cm³/mol. The maximum absolute atomic E-state index is 4.64. The average molecular weight is 336 g/mol. The lowest BCUT2D eigenvalue weighted by molar-refractivity contribution is 0.586. The summed E-state index contributed by atoms with van der Waals surface area (Å²) in [5.41, 5.74) is 2.40. The van der Waals surface area contributed by atoms with E-state index in [1.165, 1.54) is 5.56 Å². The highest BCUT2D eigenvalue weighted by molar-refractivity contribution is 9.10. The van der Waals surface area contributed by atoms with E-state index in [-0.39, 0.29) is 6.04 Å². The molecule has 0 spiro atoms. The maximum Gasteiger partial charge on any atom is 0.193 e. The Kier molecular flexibility index (Phi) is 3.68. The van der Waals surface area contributed by atoms with Crippen molar-refractivity contribution in [1.82, 2.24) is 14.7 Å². The molecule has 0 bridgehead atoms.